The monoisotopic (exact) mass is 283 g/mol. The molecule has 0 aliphatic carbocycles. The topological polar surface area (TPSA) is 63.9 Å². The molecule has 4 rings (SSSR count). The number of hydrogen-bond acceptors (Lipinski definition) is 4. The molecule has 2 aromatic rings. The predicted octanol–water partition coefficient (Wildman–Crippen LogP) is 1.27. The number of aryl methyl sites for hydroxylation is 1. The van der Waals surface area contributed by atoms with Crippen molar-refractivity contribution < 1.29 is 4.79 Å². The van der Waals surface area contributed by atoms with Gasteiger partial charge in [0, 0.05) is 36.6 Å². The molecular formula is C15H17N5O. The number of nitrogens with zero attached hydrogens (tertiary/aromatic N) is 5. The second-order valence-electron chi connectivity index (χ2n) is 5.81. The first-order chi connectivity index (χ1) is 10.2. The van der Waals surface area contributed by atoms with E-state index in [0.29, 0.717) is 6.54 Å². The van der Waals surface area contributed by atoms with E-state index in [1.165, 1.54) is 0 Å². The van der Waals surface area contributed by atoms with Crippen LogP contribution in [0.2, 0.25) is 0 Å². The Morgan fingerprint density at radius 2 is 2.33 bits per heavy atom. The van der Waals surface area contributed by atoms with Gasteiger partial charge < -0.3 is 9.47 Å². The fourth-order valence-corrected chi connectivity index (χ4v) is 3.58. The molecule has 108 valence electrons. The minimum atomic E-state index is 0.148. The summed E-state index contributed by atoms with van der Waals surface area (Å²) in [6.45, 7) is 2.27. The normalized spacial score (nSPS) is 23.2. The van der Waals surface area contributed by atoms with Gasteiger partial charge in [-0.05, 0) is 19.8 Å². The maximum absolute atomic E-state index is 12.6. The minimum Gasteiger partial charge on any atom is -0.331 e. The average Bonchev–Trinajstić information content (AvgIpc) is 3.06. The Bertz CT molecular complexity index is 681. The summed E-state index contributed by atoms with van der Waals surface area (Å²) in [5.74, 6) is 0.970. The summed E-state index contributed by atoms with van der Waals surface area (Å²) in [6.07, 6.45) is 10.0. The Morgan fingerprint density at radius 3 is 3.14 bits per heavy atom. The van der Waals surface area contributed by atoms with E-state index in [2.05, 4.69) is 15.0 Å². The molecule has 2 bridgehead atoms. The molecule has 1 amide bonds. The Balaban J connectivity index is 1.63. The maximum atomic E-state index is 12.6. The van der Waals surface area contributed by atoms with Crippen LogP contribution in [0.4, 0.5) is 0 Å². The van der Waals surface area contributed by atoms with Gasteiger partial charge in [0.2, 0.25) is 5.91 Å². The molecule has 21 heavy (non-hydrogen) atoms. The molecule has 0 aromatic carbocycles. The zero-order valence-corrected chi connectivity index (χ0v) is 11.9. The Labute approximate surface area is 122 Å². The molecule has 0 radical (unpaired) electrons. The van der Waals surface area contributed by atoms with Gasteiger partial charge in [0.05, 0.1) is 18.1 Å². The van der Waals surface area contributed by atoms with Gasteiger partial charge in [0.25, 0.3) is 0 Å². The van der Waals surface area contributed by atoms with Crippen LogP contribution in [0.3, 0.4) is 0 Å². The van der Waals surface area contributed by atoms with Crippen LogP contribution in [-0.2, 0) is 17.8 Å². The summed E-state index contributed by atoms with van der Waals surface area (Å²) in [7, 11) is 0. The number of carbonyl (C=O) groups is 1. The molecule has 0 spiro atoms. The molecule has 2 unspecified atom stereocenters. The van der Waals surface area contributed by atoms with Crippen LogP contribution in [-0.4, -0.2) is 36.4 Å². The maximum Gasteiger partial charge on any atom is 0.243 e. The Kier molecular flexibility index (Phi) is 2.77. The number of fused-ring (bicyclic) bond motifs is 4. The van der Waals surface area contributed by atoms with Crippen molar-refractivity contribution in [2.75, 3.05) is 0 Å². The van der Waals surface area contributed by atoms with Crippen LogP contribution < -0.4 is 0 Å². The van der Waals surface area contributed by atoms with Crippen molar-refractivity contribution in [1.29, 1.82) is 0 Å². The number of imidazole rings is 1. The average molecular weight is 283 g/mol. The van der Waals surface area contributed by atoms with E-state index in [9.17, 15) is 4.79 Å². The second kappa shape index (κ2) is 4.65. The van der Waals surface area contributed by atoms with Gasteiger partial charge in [-0.25, -0.2) is 15.0 Å². The van der Waals surface area contributed by atoms with E-state index in [4.69, 9.17) is 0 Å². The van der Waals surface area contributed by atoms with Gasteiger partial charge in [0.1, 0.15) is 12.4 Å². The van der Waals surface area contributed by atoms with Crippen molar-refractivity contribution in [2.45, 2.75) is 44.8 Å². The molecule has 0 saturated carbocycles. The molecule has 6 heteroatoms. The molecule has 2 aliphatic rings. The van der Waals surface area contributed by atoms with Crippen LogP contribution in [0.25, 0.3) is 0 Å². The van der Waals surface area contributed by atoms with Gasteiger partial charge >= 0.3 is 0 Å². The van der Waals surface area contributed by atoms with Crippen molar-refractivity contribution in [2.24, 2.45) is 0 Å². The molecule has 1 saturated heterocycles. The highest BCUT2D eigenvalue weighted by molar-refractivity contribution is 5.77. The van der Waals surface area contributed by atoms with Crippen LogP contribution in [0.15, 0.2) is 24.9 Å². The van der Waals surface area contributed by atoms with Crippen molar-refractivity contribution >= 4 is 5.91 Å². The van der Waals surface area contributed by atoms with E-state index in [0.717, 1.165) is 36.3 Å². The van der Waals surface area contributed by atoms with E-state index in [1.54, 1.807) is 12.5 Å². The van der Waals surface area contributed by atoms with Gasteiger partial charge in [-0.1, -0.05) is 0 Å². The number of carbonyl (C=O) groups excluding carboxylic acids is 1. The third-order valence-electron chi connectivity index (χ3n) is 4.48. The highest BCUT2D eigenvalue weighted by Crippen LogP contribution is 2.42. The summed E-state index contributed by atoms with van der Waals surface area (Å²) in [6, 6.07) is 0.434. The second-order valence-corrected chi connectivity index (χ2v) is 5.81. The summed E-state index contributed by atoms with van der Waals surface area (Å²) in [5, 5.41) is 0. The number of rotatable bonds is 2. The molecule has 1 fully saturated rings. The minimum absolute atomic E-state index is 0.148. The van der Waals surface area contributed by atoms with Crippen molar-refractivity contribution in [3.05, 3.63) is 42.0 Å². The highest BCUT2D eigenvalue weighted by Gasteiger charge is 2.43. The molecule has 2 atom stereocenters. The van der Waals surface area contributed by atoms with Gasteiger partial charge in [-0.15, -0.1) is 0 Å². The first-order valence-corrected chi connectivity index (χ1v) is 7.31. The lowest BCUT2D eigenvalue weighted by Crippen LogP contribution is -2.43. The lowest BCUT2D eigenvalue weighted by atomic mass is 9.99. The SMILES string of the molecule is Cc1ncc2c(n1)CC1CCC2N1C(=O)Cn1ccnc1. The van der Waals surface area contributed by atoms with Gasteiger partial charge in [-0.3, -0.25) is 4.79 Å². The van der Waals surface area contributed by atoms with Gasteiger partial charge in [0.15, 0.2) is 0 Å². The first-order valence-electron chi connectivity index (χ1n) is 7.31. The quantitative estimate of drug-likeness (QED) is 0.832. The molecule has 2 aliphatic heterocycles. The summed E-state index contributed by atoms with van der Waals surface area (Å²) >= 11 is 0. The largest absolute Gasteiger partial charge is 0.331 e. The van der Waals surface area contributed by atoms with Crippen LogP contribution in [0.1, 0.15) is 36.0 Å². The Hall–Kier alpha value is -2.24. The standard InChI is InChI=1S/C15H17N5O/c1-10-17-7-12-13(18-10)6-11-2-3-14(12)20(11)15(21)8-19-5-4-16-9-19/h4-5,7,9,11,14H,2-3,6,8H2,1H3. The zero-order chi connectivity index (χ0) is 14.4. The molecular weight excluding hydrogens is 266 g/mol. The van der Waals surface area contributed by atoms with Crippen LogP contribution in [0.5, 0.6) is 0 Å². The summed E-state index contributed by atoms with van der Waals surface area (Å²) in [4.78, 5) is 27.5. The van der Waals surface area contributed by atoms with Crippen molar-refractivity contribution in [1.82, 2.24) is 24.4 Å². The van der Waals surface area contributed by atoms with E-state index in [1.807, 2.05) is 28.8 Å². The third kappa shape index (κ3) is 2.02. The first kappa shape index (κ1) is 12.5. The van der Waals surface area contributed by atoms with Crippen molar-refractivity contribution in [3.63, 3.8) is 0 Å². The van der Waals surface area contributed by atoms with Crippen LogP contribution in [0, 0.1) is 6.92 Å². The molecule has 0 N–H and O–H groups in total. The number of hydrogen-bond donors (Lipinski definition) is 0. The van der Waals surface area contributed by atoms with E-state index in [-0.39, 0.29) is 18.0 Å². The zero-order valence-electron chi connectivity index (χ0n) is 11.9. The fraction of sp³-hybridized carbons (Fsp3) is 0.467. The molecule has 2 aromatic heterocycles. The Morgan fingerprint density at radius 1 is 1.43 bits per heavy atom. The summed E-state index contributed by atoms with van der Waals surface area (Å²) in [5.41, 5.74) is 2.26. The number of aromatic nitrogens is 4. The van der Waals surface area contributed by atoms with E-state index < -0.39 is 0 Å². The van der Waals surface area contributed by atoms with Gasteiger partial charge in [-0.2, -0.15) is 0 Å². The fourth-order valence-electron chi connectivity index (χ4n) is 3.58. The van der Waals surface area contributed by atoms with Crippen LogP contribution >= 0.6 is 0 Å². The third-order valence-corrected chi connectivity index (χ3v) is 4.48. The lowest BCUT2D eigenvalue weighted by Gasteiger charge is -2.35. The lowest BCUT2D eigenvalue weighted by molar-refractivity contribution is -0.135. The highest BCUT2D eigenvalue weighted by atomic mass is 16.2. The smallest absolute Gasteiger partial charge is 0.243 e. The predicted molar refractivity (Wildman–Crippen MR) is 75.3 cm³/mol. The summed E-state index contributed by atoms with van der Waals surface area (Å²) < 4.78 is 1.82. The number of amides is 1. The van der Waals surface area contributed by atoms with E-state index >= 15 is 0 Å². The molecule has 4 heterocycles. The molecule has 6 nitrogen and oxygen atoms in total. The van der Waals surface area contributed by atoms with Crippen molar-refractivity contribution in [3.8, 4) is 0 Å².